The van der Waals surface area contributed by atoms with Crippen molar-refractivity contribution in [1.82, 2.24) is 4.90 Å². The quantitative estimate of drug-likeness (QED) is 0.379. The monoisotopic (exact) mass is 457 g/mol. The highest BCUT2D eigenvalue weighted by Gasteiger charge is 2.30. The van der Waals surface area contributed by atoms with Gasteiger partial charge < -0.3 is 14.7 Å². The topological polar surface area (TPSA) is 118 Å². The summed E-state index contributed by atoms with van der Waals surface area (Å²) in [5, 5.41) is 10.3. The summed E-state index contributed by atoms with van der Waals surface area (Å²) in [6.45, 7) is 3.15. The van der Waals surface area contributed by atoms with Crippen LogP contribution in [0, 0.1) is 0 Å². The minimum absolute atomic E-state index is 0.114. The minimum atomic E-state index is -3.78. The van der Waals surface area contributed by atoms with Crippen LogP contribution in [-0.2, 0) is 24.2 Å². The number of ketones is 2. The SMILES string of the molecule is CCN(C)C(=O)COc1c(S(=O)(=O)CC)ccc(C(O)=C2C(=O)CCCC2=O)c1Cl. The number of rotatable bonds is 7. The molecular formula is C20H24ClNO7S. The molecule has 0 saturated heterocycles. The molecule has 1 aromatic carbocycles. The molecule has 164 valence electrons. The third kappa shape index (κ3) is 4.84. The van der Waals surface area contributed by atoms with Gasteiger partial charge in [0.2, 0.25) is 0 Å². The van der Waals surface area contributed by atoms with E-state index in [0.29, 0.717) is 13.0 Å². The zero-order chi connectivity index (χ0) is 22.6. The van der Waals surface area contributed by atoms with Gasteiger partial charge in [0.05, 0.1) is 10.8 Å². The van der Waals surface area contributed by atoms with Gasteiger partial charge in [-0.05, 0) is 25.5 Å². The molecule has 0 atom stereocenters. The van der Waals surface area contributed by atoms with Gasteiger partial charge in [-0.15, -0.1) is 0 Å². The van der Waals surface area contributed by atoms with E-state index < -0.39 is 39.7 Å². The van der Waals surface area contributed by atoms with Crippen LogP contribution in [0.25, 0.3) is 5.76 Å². The number of carbonyl (C=O) groups is 3. The van der Waals surface area contributed by atoms with Crippen LogP contribution in [0.4, 0.5) is 0 Å². The number of sulfone groups is 1. The Kier molecular flexibility index (Phi) is 7.65. The first-order valence-corrected chi connectivity index (χ1v) is 11.5. The predicted molar refractivity (Wildman–Crippen MR) is 111 cm³/mol. The van der Waals surface area contributed by atoms with Gasteiger partial charge >= 0.3 is 0 Å². The number of amides is 1. The van der Waals surface area contributed by atoms with Crippen LogP contribution in [-0.4, -0.2) is 61.9 Å². The van der Waals surface area contributed by atoms with Gasteiger partial charge in [-0.2, -0.15) is 0 Å². The lowest BCUT2D eigenvalue weighted by atomic mass is 9.90. The second-order valence-corrected chi connectivity index (χ2v) is 9.40. The molecule has 1 fully saturated rings. The van der Waals surface area contributed by atoms with Crippen molar-refractivity contribution < 1.29 is 32.6 Å². The molecule has 8 nitrogen and oxygen atoms in total. The van der Waals surface area contributed by atoms with Crippen molar-refractivity contribution in [2.75, 3.05) is 26.0 Å². The van der Waals surface area contributed by atoms with Gasteiger partial charge in [0.25, 0.3) is 5.91 Å². The Balaban J connectivity index is 2.61. The van der Waals surface area contributed by atoms with E-state index in [1.807, 2.05) is 0 Å². The lowest BCUT2D eigenvalue weighted by Crippen LogP contribution is -2.31. The van der Waals surface area contributed by atoms with Gasteiger partial charge in [-0.3, -0.25) is 14.4 Å². The molecule has 0 bridgehead atoms. The smallest absolute Gasteiger partial charge is 0.260 e. The third-order valence-electron chi connectivity index (χ3n) is 4.87. The molecule has 1 amide bonds. The maximum Gasteiger partial charge on any atom is 0.260 e. The molecule has 0 aromatic heterocycles. The molecule has 1 aliphatic rings. The molecule has 10 heteroatoms. The van der Waals surface area contributed by atoms with E-state index in [4.69, 9.17) is 16.3 Å². The Morgan fingerprint density at radius 3 is 2.33 bits per heavy atom. The van der Waals surface area contributed by atoms with Gasteiger partial charge in [0.15, 0.2) is 33.8 Å². The molecular weight excluding hydrogens is 434 g/mol. The fourth-order valence-corrected chi connectivity index (χ4v) is 4.29. The number of nitrogens with zero attached hydrogens (tertiary/aromatic N) is 1. The summed E-state index contributed by atoms with van der Waals surface area (Å²) in [7, 11) is -2.22. The Bertz CT molecular complexity index is 996. The van der Waals surface area contributed by atoms with Gasteiger partial charge in [0, 0.05) is 32.0 Å². The number of aliphatic hydroxyl groups excluding tert-OH is 1. The van der Waals surface area contributed by atoms with Crippen molar-refractivity contribution in [3.05, 3.63) is 28.3 Å². The minimum Gasteiger partial charge on any atom is -0.506 e. The number of aliphatic hydroxyl groups is 1. The summed E-state index contributed by atoms with van der Waals surface area (Å²) >= 11 is 6.35. The van der Waals surface area contributed by atoms with E-state index in [2.05, 4.69) is 0 Å². The van der Waals surface area contributed by atoms with E-state index in [9.17, 15) is 27.9 Å². The molecule has 1 N–H and O–H groups in total. The number of allylic oxidation sites excluding steroid dienone is 1. The first-order valence-electron chi connectivity index (χ1n) is 9.47. The number of hydrogen-bond acceptors (Lipinski definition) is 7. The summed E-state index contributed by atoms with van der Waals surface area (Å²) < 4.78 is 30.4. The Labute approximate surface area is 180 Å². The van der Waals surface area contributed by atoms with Gasteiger partial charge in [-0.1, -0.05) is 18.5 Å². The Morgan fingerprint density at radius 2 is 1.80 bits per heavy atom. The predicted octanol–water partition coefficient (Wildman–Crippen LogP) is 2.58. The highest BCUT2D eigenvalue weighted by molar-refractivity contribution is 7.91. The number of Topliss-reactive ketones (excluding diaryl/α,β-unsaturated/α-hetero) is 2. The number of hydrogen-bond donors (Lipinski definition) is 1. The first-order chi connectivity index (χ1) is 14.0. The number of halogens is 1. The molecule has 0 radical (unpaired) electrons. The normalized spacial score (nSPS) is 14.6. The van der Waals surface area contributed by atoms with Crippen LogP contribution in [0.15, 0.2) is 22.6 Å². The molecule has 1 aliphatic carbocycles. The zero-order valence-corrected chi connectivity index (χ0v) is 18.6. The van der Waals surface area contributed by atoms with Crippen molar-refractivity contribution in [2.24, 2.45) is 0 Å². The molecule has 0 unspecified atom stereocenters. The molecule has 2 rings (SSSR count). The summed E-state index contributed by atoms with van der Waals surface area (Å²) in [6, 6.07) is 2.40. The maximum absolute atomic E-state index is 12.5. The molecule has 1 aromatic rings. The van der Waals surface area contributed by atoms with Crippen LogP contribution in [0.1, 0.15) is 38.7 Å². The highest BCUT2D eigenvalue weighted by atomic mass is 35.5. The average molecular weight is 458 g/mol. The molecule has 0 spiro atoms. The van der Waals surface area contributed by atoms with E-state index in [1.54, 1.807) is 14.0 Å². The number of ether oxygens (including phenoxy) is 1. The van der Waals surface area contributed by atoms with Crippen molar-refractivity contribution in [2.45, 2.75) is 38.0 Å². The van der Waals surface area contributed by atoms with Crippen LogP contribution >= 0.6 is 11.6 Å². The van der Waals surface area contributed by atoms with Gasteiger partial charge in [-0.25, -0.2) is 8.42 Å². The first kappa shape index (κ1) is 23.9. The number of carbonyl (C=O) groups excluding carboxylic acids is 3. The number of benzene rings is 1. The van der Waals surface area contributed by atoms with Crippen LogP contribution in [0.2, 0.25) is 5.02 Å². The fourth-order valence-electron chi connectivity index (χ4n) is 2.89. The van der Waals surface area contributed by atoms with E-state index >= 15 is 0 Å². The summed E-state index contributed by atoms with van der Waals surface area (Å²) in [5.41, 5.74) is -0.474. The van der Waals surface area contributed by atoms with Crippen molar-refractivity contribution in [3.8, 4) is 5.75 Å². The lowest BCUT2D eigenvalue weighted by Gasteiger charge is -2.19. The lowest BCUT2D eigenvalue weighted by molar-refractivity contribution is -0.132. The van der Waals surface area contributed by atoms with Crippen molar-refractivity contribution in [3.63, 3.8) is 0 Å². The third-order valence-corrected chi connectivity index (χ3v) is 7.00. The average Bonchev–Trinajstić information content (AvgIpc) is 2.71. The van der Waals surface area contributed by atoms with Gasteiger partial charge in [0.1, 0.15) is 16.2 Å². The van der Waals surface area contributed by atoms with Crippen molar-refractivity contribution >= 4 is 44.7 Å². The molecule has 0 aliphatic heterocycles. The Morgan fingerprint density at radius 1 is 1.20 bits per heavy atom. The van der Waals surface area contributed by atoms with Crippen LogP contribution in [0.5, 0.6) is 5.75 Å². The second-order valence-electron chi connectivity index (χ2n) is 6.78. The van der Waals surface area contributed by atoms with Crippen LogP contribution in [0.3, 0.4) is 0 Å². The Hall–Kier alpha value is -2.39. The summed E-state index contributed by atoms with van der Waals surface area (Å²) in [4.78, 5) is 37.5. The largest absolute Gasteiger partial charge is 0.506 e. The van der Waals surface area contributed by atoms with Crippen molar-refractivity contribution in [1.29, 1.82) is 0 Å². The van der Waals surface area contributed by atoms with E-state index in [0.717, 1.165) is 0 Å². The number of likely N-dealkylation sites (N-methyl/N-ethyl adjacent to an activating group) is 1. The zero-order valence-electron chi connectivity index (χ0n) is 17.0. The summed E-state index contributed by atoms with van der Waals surface area (Å²) in [6.07, 6.45) is 0.635. The van der Waals surface area contributed by atoms with E-state index in [1.165, 1.54) is 24.0 Å². The molecule has 1 saturated carbocycles. The molecule has 0 heterocycles. The standard InChI is InChI=1S/C20H24ClNO7S/c1-4-22(3)16(25)11-29-20-15(30(27,28)5-2)10-9-12(18(20)21)19(26)17-13(23)7-6-8-14(17)24/h9-10,26H,4-8,11H2,1-3H3. The second kappa shape index (κ2) is 9.61. The van der Waals surface area contributed by atoms with Crippen LogP contribution < -0.4 is 4.74 Å². The molecule has 30 heavy (non-hydrogen) atoms. The highest BCUT2D eigenvalue weighted by Crippen LogP contribution is 2.39. The maximum atomic E-state index is 12.5. The summed E-state index contributed by atoms with van der Waals surface area (Å²) in [5.74, 6) is -2.60. The fraction of sp³-hybridized carbons (Fsp3) is 0.450. The van der Waals surface area contributed by atoms with E-state index in [-0.39, 0.29) is 45.4 Å².